The summed E-state index contributed by atoms with van der Waals surface area (Å²) in [5.41, 5.74) is 1.17. The van der Waals surface area contributed by atoms with Gasteiger partial charge in [0.1, 0.15) is 5.69 Å². The average molecular weight is 266 g/mol. The Kier molecular flexibility index (Phi) is 2.82. The van der Waals surface area contributed by atoms with E-state index in [1.165, 1.54) is 6.20 Å². The van der Waals surface area contributed by atoms with Gasteiger partial charge in [-0.15, -0.1) is 0 Å². The molecule has 2 aromatic rings. The molecule has 1 aromatic carbocycles. The van der Waals surface area contributed by atoms with E-state index in [2.05, 4.69) is 31.4 Å². The molecule has 0 saturated heterocycles. The Hall–Kier alpha value is -1.62. The molecule has 0 aliphatic rings. The van der Waals surface area contributed by atoms with Gasteiger partial charge in [0.2, 0.25) is 0 Å². The molecule has 1 heterocycles. The van der Waals surface area contributed by atoms with Crippen LogP contribution in [0.3, 0.4) is 0 Å². The Morgan fingerprint density at radius 1 is 1.33 bits per heavy atom. The van der Waals surface area contributed by atoms with Crippen LogP contribution in [0.4, 0.5) is 5.69 Å². The number of aromatic nitrogens is 2. The third-order valence-corrected chi connectivity index (χ3v) is 2.56. The van der Waals surface area contributed by atoms with Crippen LogP contribution in [0.2, 0.25) is 0 Å². The number of carbonyl (C=O) groups is 1. The largest absolute Gasteiger partial charge is 0.320 e. The smallest absolute Gasteiger partial charge is 0.273 e. The Labute approximate surface area is 94.8 Å². The first-order valence-electron chi connectivity index (χ1n) is 4.32. The van der Waals surface area contributed by atoms with Crippen LogP contribution in [0.1, 0.15) is 10.5 Å². The van der Waals surface area contributed by atoms with Crippen molar-refractivity contribution in [3.8, 4) is 0 Å². The molecule has 4 nitrogen and oxygen atoms in total. The lowest BCUT2D eigenvalue weighted by Gasteiger charge is -2.04. The van der Waals surface area contributed by atoms with Crippen molar-refractivity contribution in [1.29, 1.82) is 0 Å². The van der Waals surface area contributed by atoms with E-state index in [4.69, 9.17) is 0 Å². The molecular weight excluding hydrogens is 258 g/mol. The van der Waals surface area contributed by atoms with Gasteiger partial charge in [-0.05, 0) is 34.1 Å². The van der Waals surface area contributed by atoms with E-state index in [9.17, 15) is 4.79 Å². The second-order valence-electron chi connectivity index (χ2n) is 2.90. The summed E-state index contributed by atoms with van der Waals surface area (Å²) in [5, 5.41) is 9.06. The minimum absolute atomic E-state index is 0.209. The van der Waals surface area contributed by atoms with Gasteiger partial charge >= 0.3 is 0 Å². The van der Waals surface area contributed by atoms with Gasteiger partial charge < -0.3 is 5.32 Å². The normalized spacial score (nSPS) is 9.93. The number of hydrogen-bond donors (Lipinski definition) is 2. The predicted molar refractivity (Wildman–Crippen MR) is 60.7 cm³/mol. The van der Waals surface area contributed by atoms with Crippen molar-refractivity contribution in [2.75, 3.05) is 5.32 Å². The van der Waals surface area contributed by atoms with Gasteiger partial charge in [0.05, 0.1) is 5.69 Å². The Morgan fingerprint density at radius 2 is 2.13 bits per heavy atom. The first-order valence-corrected chi connectivity index (χ1v) is 5.12. The zero-order valence-electron chi connectivity index (χ0n) is 7.70. The zero-order chi connectivity index (χ0) is 10.7. The van der Waals surface area contributed by atoms with Gasteiger partial charge in [-0.1, -0.05) is 12.1 Å². The fraction of sp³-hybridized carbons (Fsp3) is 0. The topological polar surface area (TPSA) is 57.8 Å². The molecule has 2 N–H and O–H groups in total. The summed E-state index contributed by atoms with van der Waals surface area (Å²) >= 11 is 3.35. The molecule has 0 spiro atoms. The number of H-pyrrole nitrogens is 1. The number of halogens is 1. The molecular formula is C10H8BrN3O. The number of aromatic amines is 1. The molecule has 0 atom stereocenters. The molecule has 15 heavy (non-hydrogen) atoms. The number of hydrogen-bond acceptors (Lipinski definition) is 2. The standard InChI is InChI=1S/C10H8BrN3O/c11-7-3-1-2-4-8(7)13-10(15)9-5-6-12-14-9/h1-6H,(H,12,14)(H,13,15). The lowest BCUT2D eigenvalue weighted by Crippen LogP contribution is -2.12. The van der Waals surface area contributed by atoms with Crippen LogP contribution < -0.4 is 5.32 Å². The van der Waals surface area contributed by atoms with Crippen LogP contribution in [0, 0.1) is 0 Å². The Balaban J connectivity index is 2.17. The number of benzene rings is 1. The predicted octanol–water partition coefficient (Wildman–Crippen LogP) is 2.42. The van der Waals surface area contributed by atoms with E-state index in [1.54, 1.807) is 6.07 Å². The molecule has 0 bridgehead atoms. The van der Waals surface area contributed by atoms with E-state index in [-0.39, 0.29) is 5.91 Å². The van der Waals surface area contributed by atoms with E-state index in [0.717, 1.165) is 10.2 Å². The number of carbonyl (C=O) groups excluding carboxylic acids is 1. The highest BCUT2D eigenvalue weighted by Gasteiger charge is 2.08. The molecule has 0 radical (unpaired) electrons. The molecule has 0 aliphatic carbocycles. The number of rotatable bonds is 2. The highest BCUT2D eigenvalue weighted by Crippen LogP contribution is 2.21. The summed E-state index contributed by atoms with van der Waals surface area (Å²) in [7, 11) is 0. The molecule has 0 unspecified atom stereocenters. The van der Waals surface area contributed by atoms with Gasteiger partial charge in [-0.3, -0.25) is 9.89 Å². The number of nitrogens with zero attached hydrogens (tertiary/aromatic N) is 1. The lowest BCUT2D eigenvalue weighted by atomic mass is 10.3. The number of amides is 1. The number of nitrogens with one attached hydrogen (secondary N) is 2. The van der Waals surface area contributed by atoms with E-state index >= 15 is 0 Å². The first kappa shape index (κ1) is 9.92. The summed E-state index contributed by atoms with van der Waals surface area (Å²) in [6.07, 6.45) is 1.54. The first-order chi connectivity index (χ1) is 7.27. The van der Waals surface area contributed by atoms with Crippen LogP contribution in [-0.4, -0.2) is 16.1 Å². The molecule has 76 valence electrons. The second-order valence-corrected chi connectivity index (χ2v) is 3.76. The fourth-order valence-electron chi connectivity index (χ4n) is 1.13. The quantitative estimate of drug-likeness (QED) is 0.877. The molecule has 5 heteroatoms. The highest BCUT2D eigenvalue weighted by molar-refractivity contribution is 9.10. The van der Waals surface area contributed by atoms with Crippen LogP contribution >= 0.6 is 15.9 Å². The maximum absolute atomic E-state index is 11.6. The van der Waals surface area contributed by atoms with Crippen molar-refractivity contribution >= 4 is 27.5 Å². The van der Waals surface area contributed by atoms with Crippen molar-refractivity contribution in [2.45, 2.75) is 0 Å². The van der Waals surface area contributed by atoms with Crippen LogP contribution in [0.25, 0.3) is 0 Å². The maximum atomic E-state index is 11.6. The van der Waals surface area contributed by atoms with Crippen LogP contribution in [0.15, 0.2) is 41.0 Å². The summed E-state index contributed by atoms with van der Waals surface area (Å²) in [6.45, 7) is 0. The van der Waals surface area contributed by atoms with Gasteiger partial charge in [-0.2, -0.15) is 5.10 Å². The van der Waals surface area contributed by atoms with Gasteiger partial charge in [-0.25, -0.2) is 0 Å². The summed E-state index contributed by atoms with van der Waals surface area (Å²) < 4.78 is 0.845. The van der Waals surface area contributed by atoms with Crippen molar-refractivity contribution in [3.63, 3.8) is 0 Å². The van der Waals surface area contributed by atoms with Crippen molar-refractivity contribution in [2.24, 2.45) is 0 Å². The number of para-hydroxylation sites is 1. The molecule has 1 aromatic heterocycles. The SMILES string of the molecule is O=C(Nc1ccccc1Br)c1ccn[nH]1. The van der Waals surface area contributed by atoms with Gasteiger partial charge in [0.25, 0.3) is 5.91 Å². The summed E-state index contributed by atoms with van der Waals surface area (Å²) in [4.78, 5) is 11.6. The van der Waals surface area contributed by atoms with Crippen LogP contribution in [0.5, 0.6) is 0 Å². The zero-order valence-corrected chi connectivity index (χ0v) is 9.28. The van der Waals surface area contributed by atoms with Crippen molar-refractivity contribution in [3.05, 3.63) is 46.7 Å². The lowest BCUT2D eigenvalue weighted by molar-refractivity contribution is 0.102. The molecule has 0 saturated carbocycles. The second kappa shape index (κ2) is 4.27. The fourth-order valence-corrected chi connectivity index (χ4v) is 1.52. The maximum Gasteiger partial charge on any atom is 0.273 e. The average Bonchev–Trinajstić information content (AvgIpc) is 2.74. The summed E-state index contributed by atoms with van der Waals surface area (Å²) in [6, 6.07) is 9.04. The Bertz CT molecular complexity index is 467. The van der Waals surface area contributed by atoms with E-state index in [1.807, 2.05) is 24.3 Å². The van der Waals surface area contributed by atoms with Gasteiger partial charge in [0, 0.05) is 10.7 Å². The minimum atomic E-state index is -0.209. The molecule has 0 aliphatic heterocycles. The van der Waals surface area contributed by atoms with E-state index in [0.29, 0.717) is 5.69 Å². The molecule has 1 amide bonds. The van der Waals surface area contributed by atoms with Crippen molar-refractivity contribution in [1.82, 2.24) is 10.2 Å². The van der Waals surface area contributed by atoms with Crippen LogP contribution in [-0.2, 0) is 0 Å². The molecule has 2 rings (SSSR count). The third kappa shape index (κ3) is 2.24. The summed E-state index contributed by atoms with van der Waals surface area (Å²) in [5.74, 6) is -0.209. The Morgan fingerprint density at radius 3 is 2.80 bits per heavy atom. The monoisotopic (exact) mass is 265 g/mol. The highest BCUT2D eigenvalue weighted by atomic mass is 79.9. The minimum Gasteiger partial charge on any atom is -0.320 e. The van der Waals surface area contributed by atoms with Gasteiger partial charge in [0.15, 0.2) is 0 Å². The molecule has 0 fully saturated rings. The van der Waals surface area contributed by atoms with E-state index < -0.39 is 0 Å². The van der Waals surface area contributed by atoms with Crippen molar-refractivity contribution < 1.29 is 4.79 Å². The third-order valence-electron chi connectivity index (χ3n) is 1.87. The number of anilines is 1.